The SMILES string of the molecule is COCOc1cc(C(F)(F)F)cc(C)c1-c1cc2ccn(C34CN(C(=O)OC(C)(C)C)CC(OCOC)(C3)C4)c2nn1. The first-order valence-electron chi connectivity index (χ1n) is 13.5. The van der Waals surface area contributed by atoms with Crippen LogP contribution in [-0.2, 0) is 30.7 Å². The van der Waals surface area contributed by atoms with Gasteiger partial charge in [0.15, 0.2) is 12.4 Å². The monoisotopic (exact) mass is 592 g/mol. The van der Waals surface area contributed by atoms with Gasteiger partial charge in [-0.15, -0.1) is 10.2 Å². The van der Waals surface area contributed by atoms with Crippen LogP contribution in [0.3, 0.4) is 0 Å². The molecule has 3 aliphatic rings. The average Bonchev–Trinajstić information content (AvgIpc) is 3.32. The van der Waals surface area contributed by atoms with Crippen molar-refractivity contribution < 1.29 is 41.7 Å². The Balaban J connectivity index is 1.51. The first-order valence-corrected chi connectivity index (χ1v) is 13.5. The molecule has 42 heavy (non-hydrogen) atoms. The Morgan fingerprint density at radius 2 is 1.74 bits per heavy atom. The minimum Gasteiger partial charge on any atom is -0.467 e. The number of benzene rings is 1. The Labute approximate surface area is 241 Å². The van der Waals surface area contributed by atoms with E-state index in [1.54, 1.807) is 25.0 Å². The molecule has 2 saturated heterocycles. The predicted octanol–water partition coefficient (Wildman–Crippen LogP) is 5.51. The van der Waals surface area contributed by atoms with Gasteiger partial charge in [-0.05, 0) is 57.5 Å². The maximum atomic E-state index is 13.5. The maximum absolute atomic E-state index is 13.5. The summed E-state index contributed by atoms with van der Waals surface area (Å²) >= 11 is 0. The van der Waals surface area contributed by atoms with Crippen LogP contribution in [0.4, 0.5) is 18.0 Å². The van der Waals surface area contributed by atoms with Crippen LogP contribution in [0.15, 0.2) is 30.5 Å². The fraction of sp³-hybridized carbons (Fsp3) is 0.552. The first-order chi connectivity index (χ1) is 19.7. The summed E-state index contributed by atoms with van der Waals surface area (Å²) in [6.45, 7) is 7.65. The Morgan fingerprint density at radius 1 is 1.02 bits per heavy atom. The number of aromatic nitrogens is 3. The van der Waals surface area contributed by atoms with Crippen molar-refractivity contribution in [3.8, 4) is 17.0 Å². The molecule has 0 spiro atoms. The van der Waals surface area contributed by atoms with E-state index in [1.807, 2.05) is 37.6 Å². The second-order valence-electron chi connectivity index (χ2n) is 12.1. The maximum Gasteiger partial charge on any atom is 0.416 e. The van der Waals surface area contributed by atoms with Crippen molar-refractivity contribution >= 4 is 17.1 Å². The van der Waals surface area contributed by atoms with Gasteiger partial charge in [-0.1, -0.05) is 0 Å². The molecule has 6 rings (SSSR count). The molecule has 1 saturated carbocycles. The number of nitrogens with zero attached hydrogens (tertiary/aromatic N) is 4. The molecule has 2 aliphatic heterocycles. The molecular formula is C29H35F3N4O6. The summed E-state index contributed by atoms with van der Waals surface area (Å²) in [5, 5.41) is 9.66. The quantitative estimate of drug-likeness (QED) is 0.316. The molecule has 1 amide bonds. The van der Waals surface area contributed by atoms with E-state index in [1.165, 1.54) is 7.11 Å². The zero-order valence-electron chi connectivity index (χ0n) is 24.5. The van der Waals surface area contributed by atoms with Crippen LogP contribution in [0.2, 0.25) is 0 Å². The van der Waals surface area contributed by atoms with Gasteiger partial charge in [0, 0.05) is 50.8 Å². The van der Waals surface area contributed by atoms with Crippen LogP contribution >= 0.6 is 0 Å². The number of rotatable bonds is 8. The second kappa shape index (κ2) is 10.7. The second-order valence-corrected chi connectivity index (χ2v) is 12.1. The van der Waals surface area contributed by atoms with E-state index in [2.05, 4.69) is 10.2 Å². The molecule has 3 aromatic rings. The highest BCUT2D eigenvalue weighted by atomic mass is 19.4. The molecule has 0 atom stereocenters. The Kier molecular flexibility index (Phi) is 7.65. The number of amides is 1. The fourth-order valence-corrected chi connectivity index (χ4v) is 6.09. The van der Waals surface area contributed by atoms with E-state index in [4.69, 9.17) is 23.7 Å². The highest BCUT2D eigenvalue weighted by Crippen LogP contribution is 2.55. The summed E-state index contributed by atoms with van der Waals surface area (Å²) in [5.41, 5.74) is -0.930. The lowest BCUT2D eigenvalue weighted by molar-refractivity contribution is -0.239. The number of hydrogen-bond acceptors (Lipinski definition) is 8. The lowest BCUT2D eigenvalue weighted by atomic mass is 9.61. The van der Waals surface area contributed by atoms with E-state index in [0.717, 1.165) is 17.5 Å². The smallest absolute Gasteiger partial charge is 0.416 e. The van der Waals surface area contributed by atoms with Crippen LogP contribution in [0.1, 0.15) is 44.7 Å². The van der Waals surface area contributed by atoms with Crippen molar-refractivity contribution in [1.29, 1.82) is 0 Å². The molecule has 2 bridgehead atoms. The highest BCUT2D eigenvalue weighted by Gasteiger charge is 2.63. The van der Waals surface area contributed by atoms with Crippen LogP contribution in [0.25, 0.3) is 22.3 Å². The summed E-state index contributed by atoms with van der Waals surface area (Å²) in [4.78, 5) is 14.7. The zero-order chi connectivity index (χ0) is 30.5. The van der Waals surface area contributed by atoms with Gasteiger partial charge >= 0.3 is 12.3 Å². The number of ether oxygens (including phenoxy) is 5. The number of hydrogen-bond donors (Lipinski definition) is 0. The lowest BCUT2D eigenvalue weighted by Gasteiger charge is -2.62. The Morgan fingerprint density at radius 3 is 2.38 bits per heavy atom. The topological polar surface area (TPSA) is 97.2 Å². The van der Waals surface area contributed by atoms with Gasteiger partial charge in [-0.2, -0.15) is 13.2 Å². The van der Waals surface area contributed by atoms with Gasteiger partial charge in [-0.3, -0.25) is 0 Å². The average molecular weight is 593 g/mol. The molecule has 0 N–H and O–H groups in total. The van der Waals surface area contributed by atoms with Crippen molar-refractivity contribution in [2.75, 3.05) is 40.9 Å². The first kappa shape index (κ1) is 30.1. The van der Waals surface area contributed by atoms with Crippen molar-refractivity contribution in [2.45, 2.75) is 63.5 Å². The normalized spacial score (nSPS) is 22.3. The number of alkyl halides is 3. The third-order valence-electron chi connectivity index (χ3n) is 7.56. The number of carbonyl (C=O) groups excluding carboxylic acids is 1. The molecule has 4 heterocycles. The minimum atomic E-state index is -4.54. The molecule has 10 nitrogen and oxygen atoms in total. The third-order valence-corrected chi connectivity index (χ3v) is 7.56. The summed E-state index contributed by atoms with van der Waals surface area (Å²) in [5.74, 6) is -0.00444. The summed E-state index contributed by atoms with van der Waals surface area (Å²) < 4.78 is 69.9. The number of halogens is 3. The van der Waals surface area contributed by atoms with Crippen LogP contribution in [0.5, 0.6) is 5.75 Å². The van der Waals surface area contributed by atoms with Crippen molar-refractivity contribution in [1.82, 2.24) is 19.7 Å². The summed E-state index contributed by atoms with van der Waals surface area (Å²) in [6, 6.07) is 5.65. The highest BCUT2D eigenvalue weighted by molar-refractivity contribution is 5.83. The van der Waals surface area contributed by atoms with Gasteiger partial charge in [0.25, 0.3) is 0 Å². The summed E-state index contributed by atoms with van der Waals surface area (Å²) in [6.07, 6.45) is -1.82. The van der Waals surface area contributed by atoms with E-state index >= 15 is 0 Å². The van der Waals surface area contributed by atoms with Crippen molar-refractivity contribution in [3.63, 3.8) is 0 Å². The number of aryl methyl sites for hydroxylation is 1. The largest absolute Gasteiger partial charge is 0.467 e. The molecule has 0 unspecified atom stereocenters. The zero-order valence-corrected chi connectivity index (χ0v) is 24.5. The van der Waals surface area contributed by atoms with Crippen LogP contribution in [-0.4, -0.2) is 77.9 Å². The minimum absolute atomic E-state index is 0.00444. The summed E-state index contributed by atoms with van der Waals surface area (Å²) in [7, 11) is 2.94. The van der Waals surface area contributed by atoms with Gasteiger partial charge in [-0.25, -0.2) is 4.79 Å². The fourth-order valence-electron chi connectivity index (χ4n) is 6.09. The van der Waals surface area contributed by atoms with Crippen molar-refractivity contribution in [2.24, 2.45) is 0 Å². The van der Waals surface area contributed by atoms with Gasteiger partial charge in [0.1, 0.15) is 18.1 Å². The molecule has 1 aliphatic carbocycles. The van der Waals surface area contributed by atoms with Gasteiger partial charge in [0.05, 0.1) is 28.9 Å². The van der Waals surface area contributed by atoms with Gasteiger partial charge in [0.2, 0.25) is 0 Å². The molecule has 1 aromatic carbocycles. The number of fused-ring (bicyclic) bond motifs is 3. The molecule has 2 aromatic heterocycles. The number of piperidine rings is 2. The molecule has 13 heteroatoms. The molecule has 3 fully saturated rings. The van der Waals surface area contributed by atoms with E-state index < -0.39 is 34.6 Å². The van der Waals surface area contributed by atoms with Crippen LogP contribution in [0, 0.1) is 6.92 Å². The lowest BCUT2D eigenvalue weighted by Crippen LogP contribution is -2.73. The van der Waals surface area contributed by atoms with Crippen LogP contribution < -0.4 is 4.74 Å². The number of methoxy groups -OCH3 is 2. The molecule has 0 radical (unpaired) electrons. The van der Waals surface area contributed by atoms with Crippen molar-refractivity contribution in [3.05, 3.63) is 41.6 Å². The van der Waals surface area contributed by atoms with Gasteiger partial charge < -0.3 is 33.2 Å². The number of carbonyl (C=O) groups is 1. The third kappa shape index (κ3) is 5.64. The Hall–Kier alpha value is -3.42. The van der Waals surface area contributed by atoms with E-state index in [0.29, 0.717) is 48.4 Å². The van der Waals surface area contributed by atoms with E-state index in [-0.39, 0.29) is 19.3 Å². The van der Waals surface area contributed by atoms with E-state index in [9.17, 15) is 18.0 Å². The Bertz CT molecular complexity index is 1480. The molecule has 228 valence electrons. The molecular weight excluding hydrogens is 557 g/mol. The standard InChI is InChI=1S/C29H35F3N4O6/c1-18-9-20(29(30,31)32)11-22(40-16-38-5)23(18)21-10-19-7-8-36(24(19)34-33-21)27-12-28(13-27,41-17-39-6)15-35(14-27)25(37)42-26(2,3)4/h7-11H,12-17H2,1-6H3. The predicted molar refractivity (Wildman–Crippen MR) is 146 cm³/mol.